The van der Waals surface area contributed by atoms with Crippen molar-refractivity contribution in [3.8, 4) is 0 Å². The van der Waals surface area contributed by atoms with Crippen LogP contribution in [0.4, 0.5) is 5.82 Å². The molecule has 3 aromatic rings. The molecule has 0 spiro atoms. The van der Waals surface area contributed by atoms with Crippen molar-refractivity contribution in [1.82, 2.24) is 25.1 Å². The maximum absolute atomic E-state index is 12.6. The molecule has 0 bridgehead atoms. The van der Waals surface area contributed by atoms with E-state index in [4.69, 9.17) is 0 Å². The van der Waals surface area contributed by atoms with Crippen molar-refractivity contribution in [2.24, 2.45) is 5.92 Å². The second-order valence-corrected chi connectivity index (χ2v) is 7.92. The van der Waals surface area contributed by atoms with Gasteiger partial charge in [-0.25, -0.2) is 0 Å². The molecule has 2 aromatic heterocycles. The molecule has 0 unspecified atom stereocenters. The molecule has 1 aliphatic rings. The van der Waals surface area contributed by atoms with Gasteiger partial charge in [-0.3, -0.25) is 4.79 Å². The number of aromatic nitrogens is 4. The minimum absolute atomic E-state index is 0.0575. The number of thioether (sulfide) groups is 1. The number of nitrogens with zero attached hydrogens (tertiary/aromatic N) is 5. The third-order valence-electron chi connectivity index (χ3n) is 5.22. The van der Waals surface area contributed by atoms with E-state index >= 15 is 0 Å². The Morgan fingerprint density at radius 3 is 2.61 bits per heavy atom. The standard InChI is InChI=1S/C20H24N6OS/c1-14-22-23-18-7-8-19(24-26(14)18)25-11-9-16(10-12-25)20(27)21-13-15-3-5-17(28-2)6-4-15/h3-8,16H,9-13H2,1-2H3,(H,21,27). The summed E-state index contributed by atoms with van der Waals surface area (Å²) in [7, 11) is 0. The fraction of sp³-hybridized carbons (Fsp3) is 0.400. The van der Waals surface area contributed by atoms with E-state index in [0.29, 0.717) is 6.54 Å². The Hall–Kier alpha value is -2.61. The average molecular weight is 397 g/mol. The number of anilines is 1. The van der Waals surface area contributed by atoms with Gasteiger partial charge >= 0.3 is 0 Å². The van der Waals surface area contributed by atoms with Gasteiger partial charge in [0.15, 0.2) is 11.5 Å². The number of amides is 1. The summed E-state index contributed by atoms with van der Waals surface area (Å²) in [5, 5.41) is 15.8. The van der Waals surface area contributed by atoms with Crippen molar-refractivity contribution in [2.75, 3.05) is 24.2 Å². The van der Waals surface area contributed by atoms with Crippen LogP contribution in [0.25, 0.3) is 5.65 Å². The van der Waals surface area contributed by atoms with Gasteiger partial charge in [-0.2, -0.15) is 4.52 Å². The molecule has 0 atom stereocenters. The van der Waals surface area contributed by atoms with E-state index in [9.17, 15) is 4.79 Å². The first-order valence-corrected chi connectivity index (χ1v) is 10.7. The maximum Gasteiger partial charge on any atom is 0.223 e. The minimum atomic E-state index is 0.0575. The average Bonchev–Trinajstić information content (AvgIpc) is 3.12. The van der Waals surface area contributed by atoms with Gasteiger partial charge in [0.25, 0.3) is 0 Å². The molecule has 0 radical (unpaired) electrons. The van der Waals surface area contributed by atoms with Crippen LogP contribution >= 0.6 is 11.8 Å². The third kappa shape index (κ3) is 3.96. The molecule has 1 fully saturated rings. The summed E-state index contributed by atoms with van der Waals surface area (Å²) < 4.78 is 1.76. The lowest BCUT2D eigenvalue weighted by atomic mass is 9.96. The van der Waals surface area contributed by atoms with Crippen LogP contribution < -0.4 is 10.2 Å². The molecule has 3 heterocycles. The normalized spacial score (nSPS) is 15.1. The molecule has 1 aromatic carbocycles. The number of fused-ring (bicyclic) bond motifs is 1. The molecule has 1 saturated heterocycles. The molecule has 28 heavy (non-hydrogen) atoms. The number of piperidine rings is 1. The highest BCUT2D eigenvalue weighted by Gasteiger charge is 2.25. The van der Waals surface area contributed by atoms with Crippen LogP contribution in [0, 0.1) is 12.8 Å². The van der Waals surface area contributed by atoms with Crippen LogP contribution in [0.5, 0.6) is 0 Å². The Morgan fingerprint density at radius 1 is 1.14 bits per heavy atom. The number of aryl methyl sites for hydroxylation is 1. The highest BCUT2D eigenvalue weighted by Crippen LogP contribution is 2.22. The molecule has 0 aliphatic carbocycles. The number of nitrogens with one attached hydrogen (secondary N) is 1. The molecular weight excluding hydrogens is 372 g/mol. The summed E-state index contributed by atoms with van der Waals surface area (Å²) in [5.74, 6) is 1.88. The molecule has 0 saturated carbocycles. The van der Waals surface area contributed by atoms with Crippen LogP contribution in [-0.2, 0) is 11.3 Å². The first-order chi connectivity index (χ1) is 13.6. The lowest BCUT2D eigenvalue weighted by Gasteiger charge is -2.32. The van der Waals surface area contributed by atoms with Crippen molar-refractivity contribution >= 4 is 29.1 Å². The predicted octanol–water partition coefficient (Wildman–Crippen LogP) is 2.69. The smallest absolute Gasteiger partial charge is 0.223 e. The quantitative estimate of drug-likeness (QED) is 0.669. The number of carbonyl (C=O) groups is 1. The zero-order valence-electron chi connectivity index (χ0n) is 16.1. The third-order valence-corrected chi connectivity index (χ3v) is 5.96. The van der Waals surface area contributed by atoms with Crippen molar-refractivity contribution in [1.29, 1.82) is 0 Å². The van der Waals surface area contributed by atoms with E-state index in [1.807, 2.05) is 19.1 Å². The van der Waals surface area contributed by atoms with Crippen LogP contribution in [0.15, 0.2) is 41.3 Å². The fourth-order valence-electron chi connectivity index (χ4n) is 3.50. The van der Waals surface area contributed by atoms with E-state index in [1.165, 1.54) is 4.90 Å². The van der Waals surface area contributed by atoms with E-state index in [0.717, 1.165) is 48.8 Å². The zero-order chi connectivity index (χ0) is 19.5. The number of benzene rings is 1. The molecule has 1 amide bonds. The summed E-state index contributed by atoms with van der Waals surface area (Å²) in [5.41, 5.74) is 1.88. The van der Waals surface area contributed by atoms with Crippen LogP contribution in [-0.4, -0.2) is 45.1 Å². The molecule has 146 valence electrons. The monoisotopic (exact) mass is 396 g/mol. The number of hydrogen-bond donors (Lipinski definition) is 1. The van der Waals surface area contributed by atoms with Gasteiger partial charge in [-0.15, -0.1) is 27.1 Å². The molecule has 4 rings (SSSR count). The minimum Gasteiger partial charge on any atom is -0.355 e. The summed E-state index contributed by atoms with van der Waals surface area (Å²) in [6, 6.07) is 12.2. The zero-order valence-corrected chi connectivity index (χ0v) is 16.9. The van der Waals surface area contributed by atoms with E-state index in [-0.39, 0.29) is 11.8 Å². The van der Waals surface area contributed by atoms with Gasteiger partial charge in [-0.05, 0) is 55.9 Å². The van der Waals surface area contributed by atoms with Gasteiger partial charge in [0.1, 0.15) is 5.82 Å². The van der Waals surface area contributed by atoms with Gasteiger partial charge < -0.3 is 10.2 Å². The van der Waals surface area contributed by atoms with Crippen molar-refractivity contribution < 1.29 is 4.79 Å². The van der Waals surface area contributed by atoms with Crippen LogP contribution in [0.3, 0.4) is 0 Å². The Balaban J connectivity index is 1.31. The Bertz CT molecular complexity index is 962. The Labute approximate surface area is 168 Å². The van der Waals surface area contributed by atoms with Crippen molar-refractivity contribution in [2.45, 2.75) is 31.2 Å². The Kier molecular flexibility index (Phi) is 5.47. The first kappa shape index (κ1) is 18.7. The van der Waals surface area contributed by atoms with Gasteiger partial charge in [-0.1, -0.05) is 12.1 Å². The largest absolute Gasteiger partial charge is 0.355 e. The van der Waals surface area contributed by atoms with Crippen molar-refractivity contribution in [3.05, 3.63) is 47.8 Å². The van der Waals surface area contributed by atoms with E-state index < -0.39 is 0 Å². The SMILES string of the molecule is CSc1ccc(CNC(=O)C2CCN(c3ccc4nnc(C)n4n3)CC2)cc1. The Morgan fingerprint density at radius 2 is 1.89 bits per heavy atom. The van der Waals surface area contributed by atoms with Crippen LogP contribution in [0.2, 0.25) is 0 Å². The second-order valence-electron chi connectivity index (χ2n) is 7.04. The summed E-state index contributed by atoms with van der Waals surface area (Å²) in [4.78, 5) is 16.0. The highest BCUT2D eigenvalue weighted by atomic mass is 32.2. The molecule has 8 heteroatoms. The molecule has 7 nitrogen and oxygen atoms in total. The van der Waals surface area contributed by atoms with E-state index in [2.05, 4.69) is 56.0 Å². The fourth-order valence-corrected chi connectivity index (χ4v) is 3.91. The van der Waals surface area contributed by atoms with Gasteiger partial charge in [0.2, 0.25) is 5.91 Å². The number of rotatable bonds is 5. The van der Waals surface area contributed by atoms with Gasteiger partial charge in [0, 0.05) is 30.4 Å². The molecule has 1 aliphatic heterocycles. The topological polar surface area (TPSA) is 75.4 Å². The van der Waals surface area contributed by atoms with Gasteiger partial charge in [0.05, 0.1) is 0 Å². The predicted molar refractivity (Wildman–Crippen MR) is 111 cm³/mol. The summed E-state index contributed by atoms with van der Waals surface area (Å²) in [6.07, 6.45) is 3.72. The number of carbonyl (C=O) groups excluding carboxylic acids is 1. The summed E-state index contributed by atoms with van der Waals surface area (Å²) in [6.45, 7) is 4.11. The first-order valence-electron chi connectivity index (χ1n) is 9.48. The van der Waals surface area contributed by atoms with Crippen LogP contribution in [0.1, 0.15) is 24.2 Å². The summed E-state index contributed by atoms with van der Waals surface area (Å²) >= 11 is 1.72. The molecular formula is C20H24N6OS. The lowest BCUT2D eigenvalue weighted by Crippen LogP contribution is -2.40. The number of hydrogen-bond acceptors (Lipinski definition) is 6. The molecule has 1 N–H and O–H groups in total. The van der Waals surface area contributed by atoms with Crippen molar-refractivity contribution in [3.63, 3.8) is 0 Å². The lowest BCUT2D eigenvalue weighted by molar-refractivity contribution is -0.125. The second kappa shape index (κ2) is 8.18. The highest BCUT2D eigenvalue weighted by molar-refractivity contribution is 7.98. The van der Waals surface area contributed by atoms with E-state index in [1.54, 1.807) is 16.3 Å². The maximum atomic E-state index is 12.6.